The predicted octanol–water partition coefficient (Wildman–Crippen LogP) is 3.42. The summed E-state index contributed by atoms with van der Waals surface area (Å²) in [6.07, 6.45) is 2.77. The summed E-state index contributed by atoms with van der Waals surface area (Å²) in [5.41, 5.74) is 1.10. The van der Waals surface area contributed by atoms with Gasteiger partial charge in [0.2, 0.25) is 0 Å². The zero-order valence-corrected chi connectivity index (χ0v) is 12.8. The molecule has 0 fully saturated rings. The van der Waals surface area contributed by atoms with E-state index in [0.29, 0.717) is 6.61 Å². The topological polar surface area (TPSA) is 9.23 Å². The van der Waals surface area contributed by atoms with Crippen LogP contribution >= 0.6 is 13.6 Å². The molecule has 0 atom stereocenters. The molecule has 0 heterocycles. The van der Waals surface area contributed by atoms with Gasteiger partial charge in [0, 0.05) is 6.61 Å². The Balaban J connectivity index is 0.000000791. The predicted molar refractivity (Wildman–Crippen MR) is 58.7 cm³/mol. The van der Waals surface area contributed by atoms with E-state index in [1.807, 2.05) is 30.3 Å². The van der Waals surface area contributed by atoms with Crippen molar-refractivity contribution in [2.75, 3.05) is 6.61 Å². The van der Waals surface area contributed by atoms with Gasteiger partial charge in [0.1, 0.15) is 0 Å². The van der Waals surface area contributed by atoms with E-state index in [4.69, 9.17) is 4.74 Å². The van der Waals surface area contributed by atoms with Crippen LogP contribution in [0.4, 0.5) is 0 Å². The number of hydrogen-bond donors (Lipinski definition) is 0. The first kappa shape index (κ1) is 14.0. The van der Waals surface area contributed by atoms with Gasteiger partial charge in [-0.3, -0.25) is 0 Å². The van der Waals surface area contributed by atoms with Crippen LogP contribution in [0.15, 0.2) is 36.9 Å². The molecule has 1 aromatic carbocycles. The van der Waals surface area contributed by atoms with Crippen molar-refractivity contribution in [3.63, 3.8) is 0 Å². The standard InChI is InChI=1S/C11H13O.BrH.Zn/c1-2-3-9-12-10-11-7-5-4-6-8-11;;/h2,4-7H,1,3,9-10H2;1H;/q-1;;+2/p-1. The van der Waals surface area contributed by atoms with Gasteiger partial charge in [-0.1, -0.05) is 6.08 Å². The third-order valence-corrected chi connectivity index (χ3v) is 1.50. The molecular weight excluding hydrogens is 293 g/mol. The minimum atomic E-state index is 0.648. The maximum atomic E-state index is 5.36. The summed E-state index contributed by atoms with van der Waals surface area (Å²) in [6.45, 7) is 5.01. The Bertz CT molecular complexity index is 226. The molecule has 0 aromatic heterocycles. The molecule has 14 heavy (non-hydrogen) atoms. The Morgan fingerprint density at radius 2 is 2.29 bits per heavy atom. The normalized spacial score (nSPS) is 8.79. The van der Waals surface area contributed by atoms with Crippen molar-refractivity contribution >= 4 is 13.6 Å². The molecule has 0 N–H and O–H groups in total. The van der Waals surface area contributed by atoms with Crippen LogP contribution in [-0.2, 0) is 27.7 Å². The van der Waals surface area contributed by atoms with Gasteiger partial charge >= 0.3 is 30.0 Å². The molecule has 0 amide bonds. The summed E-state index contributed by atoms with van der Waals surface area (Å²) in [7, 11) is 0. The van der Waals surface area contributed by atoms with E-state index in [1.54, 1.807) is 0 Å². The summed E-state index contributed by atoms with van der Waals surface area (Å²) in [5.74, 6) is 0. The molecule has 0 saturated carbocycles. The zero-order chi connectivity index (χ0) is 10.6. The van der Waals surface area contributed by atoms with Gasteiger partial charge in [-0.05, 0) is 6.42 Å². The van der Waals surface area contributed by atoms with Crippen molar-refractivity contribution < 1.29 is 21.1 Å². The van der Waals surface area contributed by atoms with Gasteiger partial charge in [0.15, 0.2) is 0 Å². The number of ether oxygens (including phenoxy) is 1. The van der Waals surface area contributed by atoms with Crippen molar-refractivity contribution in [2.24, 2.45) is 0 Å². The van der Waals surface area contributed by atoms with Gasteiger partial charge in [-0.15, -0.1) is 12.1 Å². The molecule has 72 valence electrons. The van der Waals surface area contributed by atoms with Gasteiger partial charge in [0.25, 0.3) is 0 Å². The Kier molecular flexibility index (Phi) is 11.1. The van der Waals surface area contributed by atoms with Crippen molar-refractivity contribution in [3.05, 3.63) is 48.6 Å². The Hall–Kier alpha value is 0.0234. The van der Waals surface area contributed by atoms with Crippen LogP contribution in [0.2, 0.25) is 0 Å². The molecule has 1 nitrogen and oxygen atoms in total. The molecule has 0 aliphatic carbocycles. The fraction of sp³-hybridized carbons (Fsp3) is 0.273. The second kappa shape index (κ2) is 11.1. The van der Waals surface area contributed by atoms with Crippen molar-refractivity contribution in [3.8, 4) is 0 Å². The van der Waals surface area contributed by atoms with E-state index >= 15 is 0 Å². The average Bonchev–Trinajstić information content (AvgIpc) is 2.29. The quantitative estimate of drug-likeness (QED) is 0.350. The molecular formula is C11H13BrOZn. The third-order valence-electron chi connectivity index (χ3n) is 1.50. The van der Waals surface area contributed by atoms with Gasteiger partial charge in [0.05, 0.1) is 6.61 Å². The van der Waals surface area contributed by atoms with E-state index in [-0.39, 0.29) is 0 Å². The van der Waals surface area contributed by atoms with E-state index in [1.165, 1.54) is 16.3 Å². The number of halogens is 1. The van der Waals surface area contributed by atoms with Crippen LogP contribution in [0.3, 0.4) is 0 Å². The summed E-state index contributed by atoms with van der Waals surface area (Å²) < 4.78 is 5.36. The van der Waals surface area contributed by atoms with Gasteiger partial charge < -0.3 is 4.74 Å². The van der Waals surface area contributed by atoms with Crippen molar-refractivity contribution in [1.82, 2.24) is 0 Å². The summed E-state index contributed by atoms with van der Waals surface area (Å²) >= 11 is 4.25. The SMILES string of the molecule is C=CCCOCc1[c-]cccc1.[Zn+][Br]. The number of rotatable bonds is 5. The number of benzene rings is 1. The van der Waals surface area contributed by atoms with Gasteiger partial charge in [-0.25, -0.2) is 0 Å². The Morgan fingerprint density at radius 3 is 2.86 bits per heavy atom. The number of hydrogen-bond acceptors (Lipinski definition) is 1. The van der Waals surface area contributed by atoms with Crippen LogP contribution < -0.4 is 0 Å². The minimum absolute atomic E-state index is 0.648. The molecule has 0 unspecified atom stereocenters. The zero-order valence-electron chi connectivity index (χ0n) is 8.21. The molecule has 0 radical (unpaired) electrons. The molecule has 0 bridgehead atoms. The van der Waals surface area contributed by atoms with Crippen molar-refractivity contribution in [1.29, 1.82) is 0 Å². The first-order valence-electron chi connectivity index (χ1n) is 4.34. The van der Waals surface area contributed by atoms with Crippen molar-refractivity contribution in [2.45, 2.75) is 13.0 Å². The molecule has 0 spiro atoms. The molecule has 0 aliphatic rings. The third kappa shape index (κ3) is 7.43. The first-order valence-corrected chi connectivity index (χ1v) is 11.3. The van der Waals surface area contributed by atoms with E-state index < -0.39 is 0 Å². The van der Waals surface area contributed by atoms with Crippen LogP contribution in [0, 0.1) is 6.07 Å². The second-order valence-electron chi connectivity index (χ2n) is 2.52. The second-order valence-corrected chi connectivity index (χ2v) is 2.52. The van der Waals surface area contributed by atoms with Crippen LogP contribution in [0.1, 0.15) is 12.0 Å². The molecule has 3 heteroatoms. The molecule has 0 aliphatic heterocycles. The van der Waals surface area contributed by atoms with Crippen LogP contribution in [0.25, 0.3) is 0 Å². The Labute approximate surface area is 103 Å². The first-order chi connectivity index (χ1) is 6.93. The monoisotopic (exact) mass is 304 g/mol. The molecule has 0 saturated heterocycles. The molecule has 1 rings (SSSR count). The van der Waals surface area contributed by atoms with E-state index in [0.717, 1.165) is 18.6 Å². The average molecular weight is 307 g/mol. The van der Waals surface area contributed by atoms with Gasteiger partial charge in [-0.2, -0.15) is 30.3 Å². The summed E-state index contributed by atoms with van der Waals surface area (Å²) in [6, 6.07) is 10.9. The summed E-state index contributed by atoms with van der Waals surface area (Å²) in [4.78, 5) is 0. The van der Waals surface area contributed by atoms with Crippen LogP contribution in [0.5, 0.6) is 0 Å². The Morgan fingerprint density at radius 1 is 1.50 bits per heavy atom. The van der Waals surface area contributed by atoms with E-state index in [2.05, 4.69) is 26.3 Å². The summed E-state index contributed by atoms with van der Waals surface area (Å²) in [5, 5.41) is 0. The fourth-order valence-electron chi connectivity index (χ4n) is 0.869. The fourth-order valence-corrected chi connectivity index (χ4v) is 0.869. The van der Waals surface area contributed by atoms with E-state index in [9.17, 15) is 0 Å². The maximum absolute atomic E-state index is 5.36. The molecule has 1 aromatic rings. The van der Waals surface area contributed by atoms with Crippen LogP contribution in [-0.4, -0.2) is 6.61 Å².